The van der Waals surface area contributed by atoms with Gasteiger partial charge in [-0.15, -0.1) is 0 Å². The molecule has 0 saturated heterocycles. The van der Waals surface area contributed by atoms with Crippen LogP contribution in [0.15, 0.2) is 44.2 Å². The number of aliphatic hydroxyl groups excluding tert-OH is 1. The van der Waals surface area contributed by atoms with Crippen molar-refractivity contribution in [1.29, 1.82) is 0 Å². The average molecular weight is 412 g/mol. The highest BCUT2D eigenvalue weighted by Crippen LogP contribution is 2.50. The Hall–Kier alpha value is -4.31. The molecule has 0 amide bonds. The first kappa shape index (κ1) is 17.8. The second kappa shape index (κ2) is 5.84. The Morgan fingerprint density at radius 3 is 2.27 bits per heavy atom. The van der Waals surface area contributed by atoms with Crippen molar-refractivity contribution in [2.75, 3.05) is 0 Å². The van der Waals surface area contributed by atoms with Gasteiger partial charge in [0, 0.05) is 17.7 Å². The number of phenols is 4. The molecular weight excluding hydrogens is 400 g/mol. The molecule has 2 aromatic carbocycles. The van der Waals surface area contributed by atoms with E-state index in [2.05, 4.69) is 0 Å². The van der Waals surface area contributed by atoms with Crippen molar-refractivity contribution in [3.63, 3.8) is 0 Å². The summed E-state index contributed by atoms with van der Waals surface area (Å²) in [6.45, 7) is 0. The molecule has 4 aromatic rings. The van der Waals surface area contributed by atoms with Crippen LogP contribution < -0.4 is 10.4 Å². The zero-order valence-electron chi connectivity index (χ0n) is 14.8. The lowest BCUT2D eigenvalue weighted by molar-refractivity contribution is -0.0217. The highest BCUT2D eigenvalue weighted by atomic mass is 16.6. The van der Waals surface area contributed by atoms with Gasteiger partial charge < -0.3 is 44.2 Å². The number of aliphatic hydroxyl groups is 1. The van der Waals surface area contributed by atoms with Gasteiger partial charge in [0.25, 0.3) is 0 Å². The van der Waals surface area contributed by atoms with Gasteiger partial charge in [-0.1, -0.05) is 0 Å². The van der Waals surface area contributed by atoms with Gasteiger partial charge in [0.2, 0.25) is 6.29 Å². The topological polar surface area (TPSA) is 174 Å². The fourth-order valence-electron chi connectivity index (χ4n) is 3.47. The van der Waals surface area contributed by atoms with Crippen molar-refractivity contribution >= 4 is 11.0 Å². The van der Waals surface area contributed by atoms with Crippen molar-refractivity contribution in [2.45, 2.75) is 6.29 Å². The molecular formula is C20H12O10. The summed E-state index contributed by atoms with van der Waals surface area (Å²) in [4.78, 5) is 12.6. The summed E-state index contributed by atoms with van der Waals surface area (Å²) in [6.07, 6.45) is -0.540. The van der Waals surface area contributed by atoms with Gasteiger partial charge in [-0.3, -0.25) is 0 Å². The molecule has 0 saturated carbocycles. The molecule has 0 fully saturated rings. The van der Waals surface area contributed by atoms with E-state index < -0.39 is 40.7 Å². The van der Waals surface area contributed by atoms with Crippen molar-refractivity contribution in [1.82, 2.24) is 0 Å². The largest absolute Gasteiger partial charge is 0.506 e. The van der Waals surface area contributed by atoms with E-state index in [1.54, 1.807) is 0 Å². The number of furan rings is 1. The summed E-state index contributed by atoms with van der Waals surface area (Å²) in [6, 6.07) is 4.24. The molecule has 0 radical (unpaired) electrons. The Bertz CT molecular complexity index is 1410. The molecule has 1 atom stereocenters. The zero-order valence-corrected chi connectivity index (χ0v) is 14.8. The lowest BCUT2D eigenvalue weighted by atomic mass is 9.96. The van der Waals surface area contributed by atoms with Crippen molar-refractivity contribution in [2.24, 2.45) is 0 Å². The first-order valence-corrected chi connectivity index (χ1v) is 8.51. The van der Waals surface area contributed by atoms with E-state index in [9.17, 15) is 35.4 Å². The molecule has 30 heavy (non-hydrogen) atoms. The lowest BCUT2D eigenvalue weighted by Gasteiger charge is -2.23. The third kappa shape index (κ3) is 2.31. The average Bonchev–Trinajstić information content (AvgIpc) is 3.11. The number of aromatic hydroxyl groups is 5. The van der Waals surface area contributed by atoms with Crippen LogP contribution >= 0.6 is 0 Å². The minimum Gasteiger partial charge on any atom is -0.506 e. The zero-order chi connectivity index (χ0) is 21.3. The minimum atomic E-state index is -1.63. The van der Waals surface area contributed by atoms with E-state index in [1.807, 2.05) is 0 Å². The SMILES string of the molecule is O=c1oc2cc(O)c(O)cc2c(O)c1-c1coc2c1C(O)Oc1cc(O)c(O)cc1-2. The third-order valence-electron chi connectivity index (χ3n) is 4.88. The van der Waals surface area contributed by atoms with Gasteiger partial charge in [-0.05, 0) is 12.1 Å². The fraction of sp³-hybridized carbons (Fsp3) is 0.0500. The molecule has 2 aromatic heterocycles. The van der Waals surface area contributed by atoms with Crippen LogP contribution in [0.5, 0.6) is 34.5 Å². The van der Waals surface area contributed by atoms with E-state index in [0.717, 1.165) is 30.5 Å². The van der Waals surface area contributed by atoms with Gasteiger partial charge >= 0.3 is 5.63 Å². The Morgan fingerprint density at radius 2 is 1.50 bits per heavy atom. The smallest absolute Gasteiger partial charge is 0.348 e. The lowest BCUT2D eigenvalue weighted by Crippen LogP contribution is -2.14. The molecule has 10 nitrogen and oxygen atoms in total. The van der Waals surface area contributed by atoms with Crippen LogP contribution in [-0.4, -0.2) is 30.6 Å². The predicted molar refractivity (Wildman–Crippen MR) is 99.5 cm³/mol. The Balaban J connectivity index is 1.79. The van der Waals surface area contributed by atoms with Crippen LogP contribution in [0.3, 0.4) is 0 Å². The number of hydrogen-bond donors (Lipinski definition) is 6. The number of hydrogen-bond acceptors (Lipinski definition) is 10. The summed E-state index contributed by atoms with van der Waals surface area (Å²) in [5.74, 6) is -2.51. The molecule has 152 valence electrons. The monoisotopic (exact) mass is 412 g/mol. The van der Waals surface area contributed by atoms with E-state index in [0.29, 0.717) is 0 Å². The second-order valence-electron chi connectivity index (χ2n) is 6.65. The maximum absolute atomic E-state index is 12.6. The van der Waals surface area contributed by atoms with Crippen LogP contribution in [0.25, 0.3) is 33.4 Å². The molecule has 1 unspecified atom stereocenters. The van der Waals surface area contributed by atoms with Crippen LogP contribution in [0.2, 0.25) is 0 Å². The summed E-state index contributed by atoms with van der Waals surface area (Å²) >= 11 is 0. The van der Waals surface area contributed by atoms with Gasteiger partial charge in [0.15, 0.2) is 23.0 Å². The quantitative estimate of drug-likeness (QED) is 0.201. The van der Waals surface area contributed by atoms with Crippen molar-refractivity contribution in [3.05, 3.63) is 46.5 Å². The van der Waals surface area contributed by atoms with Gasteiger partial charge in [0.05, 0.1) is 22.8 Å². The Kier molecular flexibility index (Phi) is 3.46. The molecule has 6 N–H and O–H groups in total. The predicted octanol–water partition coefficient (Wildman–Crippen LogP) is 2.63. The van der Waals surface area contributed by atoms with Crippen LogP contribution in [-0.2, 0) is 0 Å². The van der Waals surface area contributed by atoms with E-state index in [-0.39, 0.29) is 44.7 Å². The number of phenolic OH excluding ortho intramolecular Hbond substituents is 4. The highest BCUT2D eigenvalue weighted by Gasteiger charge is 2.34. The number of fused-ring (bicyclic) bond motifs is 4. The second-order valence-corrected chi connectivity index (χ2v) is 6.65. The van der Waals surface area contributed by atoms with Crippen LogP contribution in [0.1, 0.15) is 11.9 Å². The fourth-order valence-corrected chi connectivity index (χ4v) is 3.47. The first-order chi connectivity index (χ1) is 14.3. The molecule has 1 aliphatic heterocycles. The Labute approximate surface area is 165 Å². The number of benzene rings is 2. The molecule has 1 aliphatic rings. The van der Waals surface area contributed by atoms with Crippen LogP contribution in [0, 0.1) is 0 Å². The van der Waals surface area contributed by atoms with Crippen LogP contribution in [0.4, 0.5) is 0 Å². The van der Waals surface area contributed by atoms with E-state index >= 15 is 0 Å². The maximum Gasteiger partial charge on any atom is 0.348 e. The standard InChI is InChI=1S/C20H12O10/c21-9-1-6-13(3-11(9)23)29-19(26)15(17(6)25)8-5-28-18-7-2-10(22)12(24)4-14(7)30-20(27)16(8)18/h1-5,20-25,27H. The summed E-state index contributed by atoms with van der Waals surface area (Å²) < 4.78 is 16.0. The van der Waals surface area contributed by atoms with Gasteiger partial charge in [0.1, 0.15) is 28.4 Å². The maximum atomic E-state index is 12.6. The van der Waals surface area contributed by atoms with Gasteiger partial charge in [-0.25, -0.2) is 4.79 Å². The Morgan fingerprint density at radius 1 is 0.833 bits per heavy atom. The van der Waals surface area contributed by atoms with E-state index in [1.165, 1.54) is 0 Å². The first-order valence-electron chi connectivity index (χ1n) is 8.51. The molecule has 10 heteroatoms. The minimum absolute atomic E-state index is 0.0162. The number of rotatable bonds is 1. The van der Waals surface area contributed by atoms with Crippen molar-refractivity contribution < 1.29 is 44.2 Å². The van der Waals surface area contributed by atoms with Gasteiger partial charge in [-0.2, -0.15) is 0 Å². The third-order valence-corrected chi connectivity index (χ3v) is 4.88. The summed E-state index contributed by atoms with van der Waals surface area (Å²) in [5.41, 5.74) is -1.40. The normalized spacial score (nSPS) is 14.9. The highest BCUT2D eigenvalue weighted by molar-refractivity contribution is 5.94. The molecule has 5 rings (SSSR count). The molecule has 0 aliphatic carbocycles. The molecule has 0 bridgehead atoms. The number of ether oxygens (including phenoxy) is 1. The summed E-state index contributed by atoms with van der Waals surface area (Å²) in [5, 5.41) is 59.8. The molecule has 3 heterocycles. The molecule has 0 spiro atoms. The van der Waals surface area contributed by atoms with E-state index in [4.69, 9.17) is 13.6 Å². The van der Waals surface area contributed by atoms with Crippen molar-refractivity contribution in [3.8, 4) is 56.9 Å². The summed E-state index contributed by atoms with van der Waals surface area (Å²) in [7, 11) is 0.